The Hall–Kier alpha value is -0.820. The molecule has 1 atom stereocenters. The van der Waals surface area contributed by atoms with E-state index < -0.39 is 0 Å². The molecule has 0 spiro atoms. The molecule has 68 valence electrons. The maximum Gasteiger partial charge on any atom is -0.00514 e. The third kappa shape index (κ3) is 4.91. The summed E-state index contributed by atoms with van der Waals surface area (Å²) in [6.45, 7) is 10.3. The van der Waals surface area contributed by atoms with E-state index in [4.69, 9.17) is 5.73 Å². The second-order valence-electron chi connectivity index (χ2n) is 3.06. The van der Waals surface area contributed by atoms with E-state index in [-0.39, 0.29) is 0 Å². The smallest absolute Gasteiger partial charge is 0.00514 e. The molecule has 0 amide bonds. The predicted octanol–water partition coefficient (Wildman–Crippen LogP) is 2.66. The van der Waals surface area contributed by atoms with Crippen molar-refractivity contribution in [3.63, 3.8) is 0 Å². The van der Waals surface area contributed by atoms with Gasteiger partial charge in [-0.25, -0.2) is 0 Å². The minimum absolute atomic E-state index is 0.596. The van der Waals surface area contributed by atoms with Crippen LogP contribution in [0.25, 0.3) is 0 Å². The standard InChI is InChI=1S/C11H19N/c1-4-6-11(5-2)8-7-10(3)9-12/h4-6,10H,1-2,7-9,12H2,3H3/b11-6+. The van der Waals surface area contributed by atoms with Crippen LogP contribution < -0.4 is 5.73 Å². The minimum atomic E-state index is 0.596. The van der Waals surface area contributed by atoms with Crippen molar-refractivity contribution in [3.8, 4) is 0 Å². The molecule has 1 heteroatoms. The van der Waals surface area contributed by atoms with Crippen LogP contribution in [0.2, 0.25) is 0 Å². The largest absolute Gasteiger partial charge is 0.330 e. The van der Waals surface area contributed by atoms with Crippen LogP contribution in [-0.2, 0) is 0 Å². The van der Waals surface area contributed by atoms with Crippen molar-refractivity contribution in [2.75, 3.05) is 6.54 Å². The lowest BCUT2D eigenvalue weighted by Crippen LogP contribution is -2.10. The molecule has 0 aliphatic heterocycles. The van der Waals surface area contributed by atoms with Crippen LogP contribution >= 0.6 is 0 Å². The first-order chi connectivity index (χ1) is 5.74. The van der Waals surface area contributed by atoms with Crippen molar-refractivity contribution in [2.24, 2.45) is 11.7 Å². The molecule has 0 fully saturated rings. The van der Waals surface area contributed by atoms with Crippen LogP contribution in [0.15, 0.2) is 37.0 Å². The SMILES string of the molecule is C=C/C=C(\C=C)CCC(C)CN. The third-order valence-corrected chi connectivity index (χ3v) is 1.92. The van der Waals surface area contributed by atoms with Gasteiger partial charge in [0.2, 0.25) is 0 Å². The fraction of sp³-hybridized carbons (Fsp3) is 0.455. The molecule has 2 N–H and O–H groups in total. The molecule has 1 nitrogen and oxygen atoms in total. The summed E-state index contributed by atoms with van der Waals surface area (Å²) in [6, 6.07) is 0. The van der Waals surface area contributed by atoms with Gasteiger partial charge in [-0.05, 0) is 30.9 Å². The van der Waals surface area contributed by atoms with Crippen molar-refractivity contribution in [1.82, 2.24) is 0 Å². The van der Waals surface area contributed by atoms with Crippen LogP contribution in [0.4, 0.5) is 0 Å². The second-order valence-corrected chi connectivity index (χ2v) is 3.06. The van der Waals surface area contributed by atoms with Crippen LogP contribution in [0, 0.1) is 5.92 Å². The topological polar surface area (TPSA) is 26.0 Å². The van der Waals surface area contributed by atoms with Crippen molar-refractivity contribution >= 4 is 0 Å². The lowest BCUT2D eigenvalue weighted by molar-refractivity contribution is 0.546. The van der Waals surface area contributed by atoms with Gasteiger partial charge in [0.05, 0.1) is 0 Å². The van der Waals surface area contributed by atoms with Gasteiger partial charge in [-0.2, -0.15) is 0 Å². The number of hydrogen-bond donors (Lipinski definition) is 1. The average molecular weight is 165 g/mol. The lowest BCUT2D eigenvalue weighted by atomic mass is 10.0. The zero-order valence-corrected chi connectivity index (χ0v) is 7.92. The van der Waals surface area contributed by atoms with E-state index in [9.17, 15) is 0 Å². The Balaban J connectivity index is 3.80. The Kier molecular flexibility index (Phi) is 6.39. The van der Waals surface area contributed by atoms with E-state index in [1.807, 2.05) is 12.2 Å². The number of hydrogen-bond acceptors (Lipinski definition) is 1. The Morgan fingerprint density at radius 3 is 2.58 bits per heavy atom. The average Bonchev–Trinajstić information content (AvgIpc) is 2.11. The fourth-order valence-corrected chi connectivity index (χ4v) is 0.936. The highest BCUT2D eigenvalue weighted by Crippen LogP contribution is 2.11. The highest BCUT2D eigenvalue weighted by molar-refractivity contribution is 5.20. The summed E-state index contributed by atoms with van der Waals surface area (Å²) in [4.78, 5) is 0. The van der Waals surface area contributed by atoms with E-state index in [2.05, 4.69) is 20.1 Å². The molecule has 0 aromatic heterocycles. The third-order valence-electron chi connectivity index (χ3n) is 1.92. The normalized spacial score (nSPS) is 14.0. The van der Waals surface area contributed by atoms with Crippen LogP contribution in [-0.4, -0.2) is 6.54 Å². The highest BCUT2D eigenvalue weighted by atomic mass is 14.5. The zero-order valence-electron chi connectivity index (χ0n) is 7.92. The van der Waals surface area contributed by atoms with Crippen molar-refractivity contribution in [1.29, 1.82) is 0 Å². The zero-order chi connectivity index (χ0) is 9.40. The summed E-state index contributed by atoms with van der Waals surface area (Å²) in [7, 11) is 0. The molecular formula is C11H19N. The Labute approximate surface area is 75.7 Å². The molecule has 0 aromatic rings. The summed E-state index contributed by atoms with van der Waals surface area (Å²) >= 11 is 0. The quantitative estimate of drug-likeness (QED) is 0.602. The maximum absolute atomic E-state index is 5.51. The second kappa shape index (κ2) is 6.86. The molecule has 0 saturated heterocycles. The van der Waals surface area contributed by atoms with Gasteiger partial charge < -0.3 is 5.73 Å². The van der Waals surface area contributed by atoms with Crippen LogP contribution in [0.5, 0.6) is 0 Å². The summed E-state index contributed by atoms with van der Waals surface area (Å²) in [5.41, 5.74) is 6.75. The lowest BCUT2D eigenvalue weighted by Gasteiger charge is -2.07. The first-order valence-corrected chi connectivity index (χ1v) is 4.38. The molecule has 0 bridgehead atoms. The molecular weight excluding hydrogens is 146 g/mol. The number of allylic oxidation sites excluding steroid dienone is 4. The molecule has 0 saturated carbocycles. The van der Waals surface area contributed by atoms with Crippen LogP contribution in [0.1, 0.15) is 19.8 Å². The van der Waals surface area contributed by atoms with E-state index in [1.165, 1.54) is 5.57 Å². The van der Waals surface area contributed by atoms with E-state index in [0.717, 1.165) is 19.4 Å². The van der Waals surface area contributed by atoms with E-state index >= 15 is 0 Å². The molecule has 12 heavy (non-hydrogen) atoms. The Morgan fingerprint density at radius 2 is 2.17 bits per heavy atom. The highest BCUT2D eigenvalue weighted by Gasteiger charge is 1.99. The molecule has 0 aliphatic rings. The van der Waals surface area contributed by atoms with Crippen LogP contribution in [0.3, 0.4) is 0 Å². The van der Waals surface area contributed by atoms with Gasteiger partial charge in [0.1, 0.15) is 0 Å². The molecule has 0 heterocycles. The monoisotopic (exact) mass is 165 g/mol. The fourth-order valence-electron chi connectivity index (χ4n) is 0.936. The maximum atomic E-state index is 5.51. The summed E-state index contributed by atoms with van der Waals surface area (Å²) in [5, 5.41) is 0. The van der Waals surface area contributed by atoms with Gasteiger partial charge in [0.25, 0.3) is 0 Å². The van der Waals surface area contributed by atoms with Gasteiger partial charge in [-0.15, -0.1) is 0 Å². The van der Waals surface area contributed by atoms with Gasteiger partial charge in [-0.3, -0.25) is 0 Å². The molecule has 0 rings (SSSR count). The Bertz CT molecular complexity index is 168. The minimum Gasteiger partial charge on any atom is -0.330 e. The van der Waals surface area contributed by atoms with Gasteiger partial charge in [0, 0.05) is 0 Å². The predicted molar refractivity (Wildman–Crippen MR) is 55.9 cm³/mol. The van der Waals surface area contributed by atoms with Crippen molar-refractivity contribution in [2.45, 2.75) is 19.8 Å². The van der Waals surface area contributed by atoms with Gasteiger partial charge in [-0.1, -0.05) is 38.3 Å². The summed E-state index contributed by atoms with van der Waals surface area (Å²) in [5.74, 6) is 0.596. The summed E-state index contributed by atoms with van der Waals surface area (Å²) in [6.07, 6.45) is 7.85. The molecule has 0 aromatic carbocycles. The molecule has 1 unspecified atom stereocenters. The first kappa shape index (κ1) is 11.2. The number of rotatable bonds is 6. The first-order valence-electron chi connectivity index (χ1n) is 4.38. The van der Waals surface area contributed by atoms with Gasteiger partial charge in [0.15, 0.2) is 0 Å². The Morgan fingerprint density at radius 1 is 1.50 bits per heavy atom. The van der Waals surface area contributed by atoms with E-state index in [1.54, 1.807) is 6.08 Å². The van der Waals surface area contributed by atoms with Crippen molar-refractivity contribution in [3.05, 3.63) is 37.0 Å². The van der Waals surface area contributed by atoms with Gasteiger partial charge >= 0.3 is 0 Å². The van der Waals surface area contributed by atoms with Crippen molar-refractivity contribution < 1.29 is 0 Å². The number of nitrogens with two attached hydrogens (primary N) is 1. The molecule has 0 radical (unpaired) electrons. The van der Waals surface area contributed by atoms with E-state index in [0.29, 0.717) is 5.92 Å². The molecule has 0 aliphatic carbocycles. The summed E-state index contributed by atoms with van der Waals surface area (Å²) < 4.78 is 0.